The molecule has 0 aliphatic carbocycles. The number of halogens is 2. The monoisotopic (exact) mass is 430 g/mol. The molecule has 2 aromatic rings. The molecule has 5 heteroatoms. The summed E-state index contributed by atoms with van der Waals surface area (Å²) in [7, 11) is 2.15. The van der Waals surface area contributed by atoms with Gasteiger partial charge in [0, 0.05) is 23.1 Å². The zero-order valence-electron chi connectivity index (χ0n) is 12.2. The molecule has 2 nitrogen and oxygen atoms in total. The summed E-state index contributed by atoms with van der Waals surface area (Å²) in [4.78, 5) is 2.34. The Bertz CT molecular complexity index is 585. The highest BCUT2D eigenvalue weighted by Crippen LogP contribution is 2.29. The van der Waals surface area contributed by atoms with Gasteiger partial charge in [-0.05, 0) is 64.1 Å². The summed E-state index contributed by atoms with van der Waals surface area (Å²) in [5.41, 5.74) is 8.97. The van der Waals surface area contributed by atoms with E-state index in [2.05, 4.69) is 80.4 Å². The Morgan fingerprint density at radius 3 is 2.62 bits per heavy atom. The summed E-state index contributed by atoms with van der Waals surface area (Å²) in [6.07, 6.45) is 0.953. The molecular formula is C16H20Br2N2S. The number of likely N-dealkylation sites (N-methyl/N-ethyl adjacent to an activating group) is 1. The van der Waals surface area contributed by atoms with Crippen molar-refractivity contribution >= 4 is 43.2 Å². The van der Waals surface area contributed by atoms with Gasteiger partial charge in [0.25, 0.3) is 0 Å². The summed E-state index contributed by atoms with van der Waals surface area (Å²) < 4.78 is 2.27. The zero-order chi connectivity index (χ0) is 15.4. The van der Waals surface area contributed by atoms with Crippen LogP contribution in [0.25, 0.3) is 0 Å². The largest absolute Gasteiger partial charge is 0.326 e. The van der Waals surface area contributed by atoms with Gasteiger partial charge in [-0.15, -0.1) is 11.3 Å². The first-order valence-electron chi connectivity index (χ1n) is 6.95. The van der Waals surface area contributed by atoms with Crippen LogP contribution in [0.1, 0.15) is 30.5 Å². The van der Waals surface area contributed by atoms with Crippen molar-refractivity contribution in [2.45, 2.75) is 32.0 Å². The van der Waals surface area contributed by atoms with Gasteiger partial charge in [0.2, 0.25) is 0 Å². The first-order valence-corrected chi connectivity index (χ1v) is 9.42. The third-order valence-corrected chi connectivity index (χ3v) is 5.64. The molecule has 2 unspecified atom stereocenters. The maximum Gasteiger partial charge on any atom is 0.0701 e. The average molecular weight is 432 g/mol. The van der Waals surface area contributed by atoms with Crippen LogP contribution in [0.15, 0.2) is 44.0 Å². The first kappa shape index (κ1) is 17.2. The molecular weight excluding hydrogens is 412 g/mol. The molecule has 114 valence electrons. The average Bonchev–Trinajstić information content (AvgIpc) is 2.84. The molecule has 0 aliphatic heterocycles. The molecule has 1 aromatic heterocycles. The molecule has 0 bridgehead atoms. The fraction of sp³-hybridized carbons (Fsp3) is 0.375. The highest BCUT2D eigenvalue weighted by Gasteiger charge is 2.23. The second-order valence-corrected chi connectivity index (χ2v) is 8.45. The Labute approximate surface area is 147 Å². The minimum absolute atomic E-state index is 0.117. The third-order valence-electron chi connectivity index (χ3n) is 3.60. The minimum Gasteiger partial charge on any atom is -0.326 e. The van der Waals surface area contributed by atoms with Crippen LogP contribution in [0.3, 0.4) is 0 Å². The lowest BCUT2D eigenvalue weighted by Gasteiger charge is -2.32. The summed E-state index contributed by atoms with van der Waals surface area (Å²) in [5, 5.41) is 2.19. The van der Waals surface area contributed by atoms with E-state index in [-0.39, 0.29) is 12.1 Å². The second-order valence-electron chi connectivity index (χ2n) is 5.25. The molecule has 1 heterocycles. The Morgan fingerprint density at radius 1 is 1.29 bits per heavy atom. The van der Waals surface area contributed by atoms with Crippen LogP contribution in [0.2, 0.25) is 0 Å². The van der Waals surface area contributed by atoms with Crippen LogP contribution in [-0.4, -0.2) is 18.0 Å². The highest BCUT2D eigenvalue weighted by molar-refractivity contribution is 9.11. The maximum absolute atomic E-state index is 6.40. The third kappa shape index (κ3) is 4.63. The molecule has 2 N–H and O–H groups in total. The van der Waals surface area contributed by atoms with Crippen LogP contribution in [0.5, 0.6) is 0 Å². The Hall–Kier alpha value is -0.200. The number of nitrogens with zero attached hydrogens (tertiary/aromatic N) is 1. The van der Waals surface area contributed by atoms with Gasteiger partial charge in [-0.1, -0.05) is 35.0 Å². The zero-order valence-corrected chi connectivity index (χ0v) is 16.2. The molecule has 2 atom stereocenters. The molecule has 1 aromatic carbocycles. The van der Waals surface area contributed by atoms with Gasteiger partial charge in [0.15, 0.2) is 0 Å². The van der Waals surface area contributed by atoms with Gasteiger partial charge < -0.3 is 5.73 Å². The molecule has 0 radical (unpaired) electrons. The minimum atomic E-state index is 0.117. The smallest absolute Gasteiger partial charge is 0.0701 e. The molecule has 0 fully saturated rings. The number of nitrogens with two attached hydrogens (primary N) is 1. The van der Waals surface area contributed by atoms with E-state index in [9.17, 15) is 0 Å². The lowest BCUT2D eigenvalue weighted by Crippen LogP contribution is -2.38. The quantitative estimate of drug-likeness (QED) is 0.682. The van der Waals surface area contributed by atoms with Crippen molar-refractivity contribution in [1.29, 1.82) is 0 Å². The first-order chi connectivity index (χ1) is 10.0. The summed E-state index contributed by atoms with van der Waals surface area (Å²) in [6.45, 7) is 3.04. The van der Waals surface area contributed by atoms with Crippen LogP contribution >= 0.6 is 43.2 Å². The van der Waals surface area contributed by atoms with Crippen molar-refractivity contribution in [2.75, 3.05) is 7.05 Å². The van der Waals surface area contributed by atoms with E-state index in [1.807, 2.05) is 6.07 Å². The van der Waals surface area contributed by atoms with Crippen molar-refractivity contribution in [3.63, 3.8) is 0 Å². The maximum atomic E-state index is 6.40. The van der Waals surface area contributed by atoms with Gasteiger partial charge >= 0.3 is 0 Å². The molecule has 0 saturated heterocycles. The number of hydrogen-bond acceptors (Lipinski definition) is 3. The van der Waals surface area contributed by atoms with Crippen molar-refractivity contribution < 1.29 is 0 Å². The fourth-order valence-electron chi connectivity index (χ4n) is 2.56. The Kier molecular flexibility index (Phi) is 6.44. The van der Waals surface area contributed by atoms with Gasteiger partial charge in [-0.25, -0.2) is 0 Å². The summed E-state index contributed by atoms with van der Waals surface area (Å²) >= 11 is 8.80. The number of thiophene rings is 1. The SMILES string of the molecule is CCC(N)C(c1cccc(Br)c1)N(C)Cc1csc(Br)c1. The summed E-state index contributed by atoms with van der Waals surface area (Å²) in [6, 6.07) is 11.0. The number of benzene rings is 1. The highest BCUT2D eigenvalue weighted by atomic mass is 79.9. The van der Waals surface area contributed by atoms with Crippen LogP contribution < -0.4 is 5.73 Å². The number of hydrogen-bond donors (Lipinski definition) is 1. The van der Waals surface area contributed by atoms with E-state index in [4.69, 9.17) is 5.73 Å². The Morgan fingerprint density at radius 2 is 2.05 bits per heavy atom. The van der Waals surface area contributed by atoms with Crippen molar-refractivity contribution in [3.8, 4) is 0 Å². The van der Waals surface area contributed by atoms with Gasteiger partial charge in [0.05, 0.1) is 3.79 Å². The van der Waals surface area contributed by atoms with Crippen molar-refractivity contribution in [1.82, 2.24) is 4.90 Å². The molecule has 0 spiro atoms. The van der Waals surface area contributed by atoms with E-state index in [1.165, 1.54) is 14.9 Å². The van der Waals surface area contributed by atoms with E-state index in [0.717, 1.165) is 17.4 Å². The van der Waals surface area contributed by atoms with E-state index >= 15 is 0 Å². The lowest BCUT2D eigenvalue weighted by molar-refractivity contribution is 0.202. The van der Waals surface area contributed by atoms with Crippen molar-refractivity contribution in [2.24, 2.45) is 5.73 Å². The second kappa shape index (κ2) is 7.88. The summed E-state index contributed by atoms with van der Waals surface area (Å²) in [5.74, 6) is 0. The lowest BCUT2D eigenvalue weighted by atomic mass is 9.96. The fourth-order valence-corrected chi connectivity index (χ4v) is 4.17. The Balaban J connectivity index is 2.23. The van der Waals surface area contributed by atoms with Gasteiger partial charge in [-0.3, -0.25) is 4.90 Å². The van der Waals surface area contributed by atoms with E-state index < -0.39 is 0 Å². The van der Waals surface area contributed by atoms with Gasteiger partial charge in [-0.2, -0.15) is 0 Å². The van der Waals surface area contributed by atoms with E-state index in [0.29, 0.717) is 0 Å². The van der Waals surface area contributed by atoms with Crippen LogP contribution in [-0.2, 0) is 6.54 Å². The molecule has 21 heavy (non-hydrogen) atoms. The molecule has 0 amide bonds. The van der Waals surface area contributed by atoms with E-state index in [1.54, 1.807) is 11.3 Å². The van der Waals surface area contributed by atoms with Crippen LogP contribution in [0, 0.1) is 0 Å². The normalized spacial score (nSPS) is 14.4. The molecule has 0 aliphatic rings. The topological polar surface area (TPSA) is 29.3 Å². The predicted octanol–water partition coefficient (Wildman–Crippen LogP) is 5.18. The van der Waals surface area contributed by atoms with Crippen molar-refractivity contribution in [3.05, 3.63) is 55.1 Å². The standard InChI is InChI=1S/C16H20Br2N2S/c1-3-14(19)16(12-5-4-6-13(17)8-12)20(2)9-11-7-15(18)21-10-11/h4-8,10,14,16H,3,9,19H2,1-2H3. The van der Waals surface area contributed by atoms with Gasteiger partial charge in [0.1, 0.15) is 0 Å². The predicted molar refractivity (Wildman–Crippen MR) is 98.6 cm³/mol. The molecule has 2 rings (SSSR count). The number of rotatable bonds is 6. The van der Waals surface area contributed by atoms with Crippen LogP contribution in [0.4, 0.5) is 0 Å². The molecule has 0 saturated carbocycles.